The first-order valence-corrected chi connectivity index (χ1v) is 25.4. The summed E-state index contributed by atoms with van der Waals surface area (Å²) in [6.07, 6.45) is 8.26. The number of nitrogens with zero attached hydrogens (tertiary/aromatic N) is 2. The fraction of sp³-hybridized carbons (Fsp3) is 0.290. The SMILES string of the molecule is CC(C)(C)c1ccc(N(C2=CCC(C(C)(C)C)C=C2)c2ccc3c(c2)sc2ccc4c(ccc5sc6cc(N(c7ccc(C(C)(C)C)cc7)c7ccc(C(C)(C)C)cc7)ccc6c54)c23)cc1. The molecule has 2 aromatic heterocycles. The van der Waals surface area contributed by atoms with Gasteiger partial charge in [-0.2, -0.15) is 0 Å². The third-order valence-electron chi connectivity index (χ3n) is 14.0. The molecule has 66 heavy (non-hydrogen) atoms. The molecule has 0 bridgehead atoms. The van der Waals surface area contributed by atoms with Crippen molar-refractivity contribution in [1.82, 2.24) is 0 Å². The lowest BCUT2D eigenvalue weighted by molar-refractivity contribution is 0.293. The number of anilines is 5. The van der Waals surface area contributed by atoms with Crippen LogP contribution in [0.2, 0.25) is 0 Å². The van der Waals surface area contributed by atoms with Gasteiger partial charge in [0.15, 0.2) is 0 Å². The zero-order valence-corrected chi connectivity index (χ0v) is 42.6. The monoisotopic (exact) mass is 900 g/mol. The van der Waals surface area contributed by atoms with E-state index in [0.29, 0.717) is 5.92 Å². The van der Waals surface area contributed by atoms with Crippen molar-refractivity contribution < 1.29 is 0 Å². The smallest absolute Gasteiger partial charge is 0.0476 e. The Morgan fingerprint density at radius 3 is 1.12 bits per heavy atom. The zero-order valence-electron chi connectivity index (χ0n) is 40.9. The van der Waals surface area contributed by atoms with Gasteiger partial charge in [-0.25, -0.2) is 0 Å². The Kier molecular flexibility index (Phi) is 10.7. The number of benzene rings is 7. The Bertz CT molecular complexity index is 3290. The van der Waals surface area contributed by atoms with E-state index in [1.807, 2.05) is 22.7 Å². The van der Waals surface area contributed by atoms with Crippen LogP contribution in [-0.4, -0.2) is 0 Å². The number of fused-ring (bicyclic) bond motifs is 9. The Morgan fingerprint density at radius 2 is 0.758 bits per heavy atom. The maximum atomic E-state index is 2.46. The molecule has 334 valence electrons. The molecule has 0 saturated heterocycles. The van der Waals surface area contributed by atoms with Gasteiger partial charge in [0.1, 0.15) is 0 Å². The summed E-state index contributed by atoms with van der Waals surface area (Å²) in [5.41, 5.74) is 11.6. The van der Waals surface area contributed by atoms with Crippen LogP contribution in [0.5, 0.6) is 0 Å². The lowest BCUT2D eigenvalue weighted by Gasteiger charge is -2.33. The molecule has 0 aliphatic heterocycles. The molecule has 7 aromatic carbocycles. The van der Waals surface area contributed by atoms with E-state index in [1.54, 1.807) is 0 Å². The van der Waals surface area contributed by atoms with E-state index < -0.39 is 0 Å². The van der Waals surface area contributed by atoms with Gasteiger partial charge in [-0.05, 0) is 140 Å². The molecule has 4 heteroatoms. The van der Waals surface area contributed by atoms with Crippen LogP contribution in [0.3, 0.4) is 0 Å². The number of hydrogen-bond acceptors (Lipinski definition) is 4. The van der Waals surface area contributed by atoms with E-state index in [9.17, 15) is 0 Å². The molecular formula is C62H64N2S2. The molecule has 1 atom stereocenters. The number of hydrogen-bond donors (Lipinski definition) is 0. The van der Waals surface area contributed by atoms with Gasteiger partial charge in [-0.3, -0.25) is 0 Å². The molecule has 0 spiro atoms. The molecule has 2 nitrogen and oxygen atoms in total. The normalized spacial score (nSPS) is 15.1. The molecule has 1 aliphatic carbocycles. The predicted molar refractivity (Wildman–Crippen MR) is 294 cm³/mol. The molecule has 10 rings (SSSR count). The Balaban J connectivity index is 1.07. The summed E-state index contributed by atoms with van der Waals surface area (Å²) < 4.78 is 5.26. The lowest BCUT2D eigenvalue weighted by atomic mass is 9.77. The van der Waals surface area contributed by atoms with Gasteiger partial charge in [0, 0.05) is 74.5 Å². The van der Waals surface area contributed by atoms with E-state index in [1.165, 1.54) is 90.6 Å². The molecular weight excluding hydrogens is 837 g/mol. The summed E-state index contributed by atoms with van der Waals surface area (Å²) in [6, 6.07) is 51.3. The van der Waals surface area contributed by atoms with Crippen molar-refractivity contribution >= 4 is 102 Å². The lowest BCUT2D eigenvalue weighted by Crippen LogP contribution is -2.23. The van der Waals surface area contributed by atoms with Gasteiger partial charge in [0.2, 0.25) is 0 Å². The summed E-state index contributed by atoms with van der Waals surface area (Å²) in [7, 11) is 0. The largest absolute Gasteiger partial charge is 0.311 e. The summed E-state index contributed by atoms with van der Waals surface area (Å²) in [5.74, 6) is 0.515. The van der Waals surface area contributed by atoms with Crippen LogP contribution in [0.1, 0.15) is 106 Å². The minimum absolute atomic E-state index is 0.0852. The quantitative estimate of drug-likeness (QED) is 0.164. The fourth-order valence-electron chi connectivity index (χ4n) is 9.85. The highest BCUT2D eigenvalue weighted by molar-refractivity contribution is 7.26. The first-order chi connectivity index (χ1) is 31.2. The van der Waals surface area contributed by atoms with Gasteiger partial charge in [-0.1, -0.05) is 156 Å². The average molecular weight is 901 g/mol. The van der Waals surface area contributed by atoms with Crippen molar-refractivity contribution in [2.75, 3.05) is 9.80 Å². The number of thiophene rings is 2. The summed E-state index contributed by atoms with van der Waals surface area (Å²) in [5, 5.41) is 7.98. The van der Waals surface area contributed by atoms with Crippen LogP contribution in [0.25, 0.3) is 51.1 Å². The predicted octanol–water partition coefficient (Wildman–Crippen LogP) is 19.6. The maximum Gasteiger partial charge on any atom is 0.0476 e. The molecule has 0 N–H and O–H groups in total. The zero-order chi connectivity index (χ0) is 46.5. The maximum absolute atomic E-state index is 2.46. The molecule has 1 aliphatic rings. The topological polar surface area (TPSA) is 6.48 Å². The van der Waals surface area contributed by atoms with Crippen molar-refractivity contribution in [2.45, 2.75) is 106 Å². The van der Waals surface area contributed by atoms with Gasteiger partial charge in [-0.15, -0.1) is 22.7 Å². The van der Waals surface area contributed by atoms with Gasteiger partial charge in [0.25, 0.3) is 0 Å². The second kappa shape index (κ2) is 16.0. The molecule has 0 saturated carbocycles. The summed E-state index contributed by atoms with van der Waals surface area (Å²) in [4.78, 5) is 4.88. The van der Waals surface area contributed by atoms with Crippen LogP contribution in [0.4, 0.5) is 28.4 Å². The summed E-state index contributed by atoms with van der Waals surface area (Å²) >= 11 is 3.81. The van der Waals surface area contributed by atoms with E-state index in [-0.39, 0.29) is 21.7 Å². The minimum atomic E-state index is 0.0852. The fourth-order valence-corrected chi connectivity index (χ4v) is 12.2. The van der Waals surface area contributed by atoms with Gasteiger partial charge < -0.3 is 9.80 Å². The van der Waals surface area contributed by atoms with Gasteiger partial charge in [0.05, 0.1) is 0 Å². The minimum Gasteiger partial charge on any atom is -0.311 e. The highest BCUT2D eigenvalue weighted by atomic mass is 32.1. The molecule has 0 fully saturated rings. The molecule has 0 amide bonds. The third kappa shape index (κ3) is 8.05. The van der Waals surface area contributed by atoms with E-state index >= 15 is 0 Å². The second-order valence-electron chi connectivity index (χ2n) is 22.8. The second-order valence-corrected chi connectivity index (χ2v) is 25.0. The van der Waals surface area contributed by atoms with Crippen molar-refractivity contribution in [3.63, 3.8) is 0 Å². The van der Waals surface area contributed by atoms with Crippen molar-refractivity contribution in [1.29, 1.82) is 0 Å². The van der Waals surface area contributed by atoms with Crippen LogP contribution < -0.4 is 9.80 Å². The Labute approximate surface area is 400 Å². The summed E-state index contributed by atoms with van der Waals surface area (Å²) in [6.45, 7) is 27.6. The van der Waals surface area contributed by atoms with Crippen LogP contribution >= 0.6 is 22.7 Å². The molecule has 2 heterocycles. The van der Waals surface area contributed by atoms with Crippen molar-refractivity contribution in [3.05, 3.63) is 174 Å². The molecule has 1 unspecified atom stereocenters. The molecule has 9 aromatic rings. The van der Waals surface area contributed by atoms with E-state index in [0.717, 1.165) is 17.8 Å². The first-order valence-electron chi connectivity index (χ1n) is 23.8. The highest BCUT2D eigenvalue weighted by Gasteiger charge is 2.26. The van der Waals surface area contributed by atoms with Crippen LogP contribution in [0, 0.1) is 11.3 Å². The van der Waals surface area contributed by atoms with Crippen LogP contribution in [-0.2, 0) is 16.2 Å². The van der Waals surface area contributed by atoms with Crippen molar-refractivity contribution in [3.8, 4) is 0 Å². The van der Waals surface area contributed by atoms with E-state index in [4.69, 9.17) is 0 Å². The Hall–Kier alpha value is -5.68. The standard InChI is InChI=1S/C62H64N2S2/c1-59(2,3)39-13-21-43(22-14-39)63(44-23-15-40(16-24-44)60(4,5)6)47-29-31-51-55(37-47)65-53-35-33-50-49(57(51)53)34-36-54-58(50)52-32-30-48(38-56(52)66-54)64(45-25-17-41(18-26-45)61(7,8)9)46-27-19-42(20-28-46)62(10,11)12/h13-19,21-38,42H,20H2,1-12H3. The van der Waals surface area contributed by atoms with Gasteiger partial charge >= 0.3 is 0 Å². The number of rotatable bonds is 6. The van der Waals surface area contributed by atoms with Crippen molar-refractivity contribution in [2.24, 2.45) is 11.3 Å². The highest BCUT2D eigenvalue weighted by Crippen LogP contribution is 2.48. The number of allylic oxidation sites excluding steroid dienone is 3. The van der Waals surface area contributed by atoms with E-state index in [2.05, 4.69) is 245 Å². The average Bonchev–Trinajstić information content (AvgIpc) is 3.84. The molecule has 0 radical (unpaired) electrons. The van der Waals surface area contributed by atoms with Crippen LogP contribution in [0.15, 0.2) is 157 Å². The third-order valence-corrected chi connectivity index (χ3v) is 16.2. The first kappa shape index (κ1) is 44.2. The Morgan fingerprint density at radius 1 is 0.394 bits per heavy atom.